The van der Waals surface area contributed by atoms with Crippen LogP contribution in [0.4, 0.5) is 11.8 Å². The normalized spacial score (nSPS) is 10.5. The van der Waals surface area contributed by atoms with E-state index in [1.54, 1.807) is 25.2 Å². The summed E-state index contributed by atoms with van der Waals surface area (Å²) < 4.78 is 1.52. The van der Waals surface area contributed by atoms with Crippen molar-refractivity contribution in [2.24, 2.45) is 7.05 Å². The van der Waals surface area contributed by atoms with Gasteiger partial charge in [-0.1, -0.05) is 34.0 Å². The van der Waals surface area contributed by atoms with Gasteiger partial charge in [0.15, 0.2) is 7.05 Å². The van der Waals surface area contributed by atoms with Gasteiger partial charge in [-0.15, -0.1) is 0 Å². The SMILES string of the molecule is C[n+]1nc(N)nc(N)c1-c1cccc(Cl)c1Cl. The summed E-state index contributed by atoms with van der Waals surface area (Å²) in [7, 11) is 1.71. The fourth-order valence-corrected chi connectivity index (χ4v) is 1.96. The summed E-state index contributed by atoms with van der Waals surface area (Å²) >= 11 is 12.1. The third kappa shape index (κ3) is 2.11. The molecule has 1 heterocycles. The van der Waals surface area contributed by atoms with Gasteiger partial charge >= 0.3 is 0 Å². The molecule has 7 heteroatoms. The highest BCUT2D eigenvalue weighted by Crippen LogP contribution is 2.33. The summed E-state index contributed by atoms with van der Waals surface area (Å²) in [5.74, 6) is 0.357. The zero-order valence-corrected chi connectivity index (χ0v) is 10.5. The molecular weight excluding hydrogens is 261 g/mol. The molecule has 0 amide bonds. The van der Waals surface area contributed by atoms with Crippen molar-refractivity contribution in [2.75, 3.05) is 11.5 Å². The number of hydrogen-bond donors (Lipinski definition) is 2. The second kappa shape index (κ2) is 4.35. The van der Waals surface area contributed by atoms with Gasteiger partial charge in [0.1, 0.15) is 0 Å². The van der Waals surface area contributed by atoms with Gasteiger partial charge in [0.2, 0.25) is 5.82 Å². The van der Waals surface area contributed by atoms with E-state index in [1.165, 1.54) is 4.68 Å². The highest BCUT2D eigenvalue weighted by Gasteiger charge is 2.22. The molecule has 0 radical (unpaired) electrons. The van der Waals surface area contributed by atoms with E-state index < -0.39 is 0 Å². The monoisotopic (exact) mass is 270 g/mol. The second-order valence-electron chi connectivity index (χ2n) is 3.43. The first kappa shape index (κ1) is 11.9. The van der Waals surface area contributed by atoms with Gasteiger partial charge in [0.25, 0.3) is 11.6 Å². The number of nitrogens with zero attached hydrogens (tertiary/aromatic N) is 3. The van der Waals surface area contributed by atoms with Crippen LogP contribution in [0.5, 0.6) is 0 Å². The van der Waals surface area contributed by atoms with Crippen molar-refractivity contribution in [3.05, 3.63) is 28.2 Å². The summed E-state index contributed by atoms with van der Waals surface area (Å²) in [5.41, 5.74) is 12.6. The van der Waals surface area contributed by atoms with Crippen LogP contribution in [0.1, 0.15) is 0 Å². The number of benzene rings is 1. The summed E-state index contributed by atoms with van der Waals surface area (Å²) in [6.45, 7) is 0. The molecule has 0 atom stereocenters. The Labute approximate surface area is 108 Å². The van der Waals surface area contributed by atoms with Crippen LogP contribution in [0.15, 0.2) is 18.2 Å². The number of nitrogen functional groups attached to an aromatic ring is 2. The van der Waals surface area contributed by atoms with Gasteiger partial charge in [-0.25, -0.2) is 0 Å². The van der Waals surface area contributed by atoms with Crippen LogP contribution < -0.4 is 16.1 Å². The molecule has 88 valence electrons. The first-order valence-electron chi connectivity index (χ1n) is 4.74. The van der Waals surface area contributed by atoms with Gasteiger partial charge < -0.3 is 11.5 Å². The average Bonchev–Trinajstić information content (AvgIpc) is 2.23. The van der Waals surface area contributed by atoms with E-state index in [2.05, 4.69) is 10.1 Å². The van der Waals surface area contributed by atoms with Crippen LogP contribution in [-0.2, 0) is 7.05 Å². The number of halogens is 2. The van der Waals surface area contributed by atoms with Crippen LogP contribution in [0, 0.1) is 0 Å². The maximum Gasteiger partial charge on any atom is 0.287 e. The highest BCUT2D eigenvalue weighted by molar-refractivity contribution is 6.43. The van der Waals surface area contributed by atoms with E-state index in [4.69, 9.17) is 34.7 Å². The Morgan fingerprint density at radius 2 is 1.94 bits per heavy atom. The molecule has 0 fully saturated rings. The fraction of sp³-hybridized carbons (Fsp3) is 0.100. The lowest BCUT2D eigenvalue weighted by molar-refractivity contribution is -0.719. The van der Waals surface area contributed by atoms with Gasteiger partial charge in [-0.05, 0) is 12.1 Å². The van der Waals surface area contributed by atoms with Crippen molar-refractivity contribution in [3.8, 4) is 11.3 Å². The molecule has 1 aromatic carbocycles. The molecule has 0 aliphatic rings. The topological polar surface area (TPSA) is 81.7 Å². The molecule has 17 heavy (non-hydrogen) atoms. The molecule has 4 N–H and O–H groups in total. The Bertz CT molecular complexity index is 562. The number of nitrogens with two attached hydrogens (primary N) is 2. The van der Waals surface area contributed by atoms with E-state index in [1.807, 2.05) is 0 Å². The van der Waals surface area contributed by atoms with Crippen molar-refractivity contribution in [1.29, 1.82) is 0 Å². The van der Waals surface area contributed by atoms with E-state index >= 15 is 0 Å². The van der Waals surface area contributed by atoms with E-state index in [9.17, 15) is 0 Å². The van der Waals surface area contributed by atoms with Crippen molar-refractivity contribution < 1.29 is 4.68 Å². The Kier molecular flexibility index (Phi) is 3.04. The Balaban J connectivity index is 2.73. The summed E-state index contributed by atoms with van der Waals surface area (Å²) in [4.78, 5) is 3.90. The minimum atomic E-state index is 0.104. The first-order valence-corrected chi connectivity index (χ1v) is 5.50. The summed E-state index contributed by atoms with van der Waals surface area (Å²) in [6.07, 6.45) is 0. The second-order valence-corrected chi connectivity index (χ2v) is 4.21. The Hall–Kier alpha value is -1.59. The third-order valence-electron chi connectivity index (χ3n) is 2.26. The minimum absolute atomic E-state index is 0.104. The quantitative estimate of drug-likeness (QED) is 0.769. The number of rotatable bonds is 1. The van der Waals surface area contributed by atoms with Crippen LogP contribution in [-0.4, -0.2) is 10.1 Å². The maximum absolute atomic E-state index is 6.12. The Morgan fingerprint density at radius 3 is 2.59 bits per heavy atom. The molecule has 0 saturated heterocycles. The third-order valence-corrected chi connectivity index (χ3v) is 3.08. The van der Waals surface area contributed by atoms with E-state index in [-0.39, 0.29) is 11.8 Å². The zero-order chi connectivity index (χ0) is 12.6. The fourth-order valence-electron chi connectivity index (χ4n) is 1.57. The smallest absolute Gasteiger partial charge is 0.287 e. The lowest BCUT2D eigenvalue weighted by Crippen LogP contribution is -2.38. The lowest BCUT2D eigenvalue weighted by Gasteiger charge is -2.05. The molecule has 2 aromatic rings. The predicted octanol–water partition coefficient (Wildman–Crippen LogP) is 1.44. The number of hydrogen-bond acceptors (Lipinski definition) is 4. The first-order chi connectivity index (χ1) is 8.00. The molecule has 0 bridgehead atoms. The van der Waals surface area contributed by atoms with Crippen molar-refractivity contribution >= 4 is 35.0 Å². The maximum atomic E-state index is 6.12. The lowest BCUT2D eigenvalue weighted by atomic mass is 10.1. The average molecular weight is 271 g/mol. The molecule has 0 spiro atoms. The molecule has 1 aromatic heterocycles. The molecule has 0 aliphatic heterocycles. The minimum Gasteiger partial charge on any atom is -0.378 e. The van der Waals surface area contributed by atoms with Gasteiger partial charge in [0.05, 0.1) is 15.6 Å². The van der Waals surface area contributed by atoms with E-state index in [0.29, 0.717) is 21.3 Å². The van der Waals surface area contributed by atoms with Crippen molar-refractivity contribution in [2.45, 2.75) is 0 Å². The number of aromatic nitrogens is 3. The van der Waals surface area contributed by atoms with Crippen LogP contribution in [0.25, 0.3) is 11.3 Å². The molecule has 2 rings (SSSR count). The predicted molar refractivity (Wildman–Crippen MR) is 67.5 cm³/mol. The van der Waals surface area contributed by atoms with Gasteiger partial charge in [-0.3, -0.25) is 0 Å². The summed E-state index contributed by atoms with van der Waals surface area (Å²) in [5, 5.41) is 4.84. The Morgan fingerprint density at radius 1 is 1.24 bits per heavy atom. The standard InChI is InChI=1S/C10H10Cl2N5/c1-17-8(9(13)15-10(14)16-17)5-3-2-4-6(11)7(5)12/h2-4H,1H3,(H4,13,14,15,16)/q+1. The zero-order valence-electron chi connectivity index (χ0n) is 8.98. The molecule has 5 nitrogen and oxygen atoms in total. The van der Waals surface area contributed by atoms with Crippen LogP contribution >= 0.6 is 23.2 Å². The van der Waals surface area contributed by atoms with E-state index in [0.717, 1.165) is 0 Å². The highest BCUT2D eigenvalue weighted by atomic mass is 35.5. The van der Waals surface area contributed by atoms with Crippen molar-refractivity contribution in [3.63, 3.8) is 0 Å². The van der Waals surface area contributed by atoms with Crippen LogP contribution in [0.2, 0.25) is 10.0 Å². The molecule has 0 unspecified atom stereocenters. The summed E-state index contributed by atoms with van der Waals surface area (Å²) in [6, 6.07) is 5.26. The number of anilines is 2. The van der Waals surface area contributed by atoms with Gasteiger partial charge in [0, 0.05) is 5.10 Å². The van der Waals surface area contributed by atoms with Crippen LogP contribution in [0.3, 0.4) is 0 Å². The largest absolute Gasteiger partial charge is 0.378 e. The van der Waals surface area contributed by atoms with Gasteiger partial charge in [-0.2, -0.15) is 4.98 Å². The molecular formula is C10H10Cl2N5+. The molecule has 0 saturated carbocycles. The number of aryl methyl sites for hydroxylation is 1. The van der Waals surface area contributed by atoms with Crippen molar-refractivity contribution in [1.82, 2.24) is 10.1 Å². The molecule has 0 aliphatic carbocycles.